The van der Waals surface area contributed by atoms with Crippen LogP contribution in [0.3, 0.4) is 0 Å². The first-order chi connectivity index (χ1) is 12.6. The van der Waals surface area contributed by atoms with E-state index in [2.05, 4.69) is 20.4 Å². The minimum Gasteiger partial charge on any atom is -0.318 e. The summed E-state index contributed by atoms with van der Waals surface area (Å²) < 4.78 is 1.70. The van der Waals surface area contributed by atoms with E-state index in [0.29, 0.717) is 11.4 Å². The molecule has 3 aromatic rings. The quantitative estimate of drug-likeness (QED) is 0.724. The van der Waals surface area contributed by atoms with Crippen molar-refractivity contribution in [3.05, 3.63) is 72.6 Å². The lowest BCUT2D eigenvalue weighted by molar-refractivity contribution is -0.131. The van der Waals surface area contributed by atoms with E-state index in [1.54, 1.807) is 23.9 Å². The molecule has 4 rings (SSSR count). The SMILES string of the molecule is CC1(c2cnccn2)NC(=O)N(Cc2ccn(-c3ccccc3)n2)C1=O. The highest BCUT2D eigenvalue weighted by Crippen LogP contribution is 2.27. The van der Waals surface area contributed by atoms with Crippen molar-refractivity contribution in [3.63, 3.8) is 0 Å². The maximum atomic E-state index is 12.9. The van der Waals surface area contributed by atoms with Gasteiger partial charge in [-0.25, -0.2) is 9.48 Å². The van der Waals surface area contributed by atoms with Crippen LogP contribution in [0.25, 0.3) is 5.69 Å². The molecule has 0 aliphatic carbocycles. The number of carbonyl (C=O) groups excluding carboxylic acids is 2. The molecule has 0 bridgehead atoms. The lowest BCUT2D eigenvalue weighted by Gasteiger charge is -2.20. The van der Waals surface area contributed by atoms with Crippen LogP contribution in [-0.4, -0.2) is 36.6 Å². The molecule has 3 amide bonds. The Morgan fingerprint density at radius 1 is 1.12 bits per heavy atom. The predicted octanol–water partition coefficient (Wildman–Crippen LogP) is 1.63. The normalized spacial score (nSPS) is 19.7. The molecule has 1 aliphatic rings. The minimum absolute atomic E-state index is 0.0837. The van der Waals surface area contributed by atoms with Gasteiger partial charge in [-0.05, 0) is 25.1 Å². The van der Waals surface area contributed by atoms with E-state index in [1.807, 2.05) is 30.3 Å². The van der Waals surface area contributed by atoms with Crippen molar-refractivity contribution in [2.45, 2.75) is 19.0 Å². The van der Waals surface area contributed by atoms with Crippen molar-refractivity contribution < 1.29 is 9.59 Å². The summed E-state index contributed by atoms with van der Waals surface area (Å²) >= 11 is 0. The Morgan fingerprint density at radius 2 is 1.92 bits per heavy atom. The number of aromatic nitrogens is 4. The summed E-state index contributed by atoms with van der Waals surface area (Å²) in [5.41, 5.74) is 0.685. The fraction of sp³-hybridized carbons (Fsp3) is 0.167. The van der Waals surface area contributed by atoms with Crippen molar-refractivity contribution in [1.29, 1.82) is 0 Å². The Bertz CT molecular complexity index is 956. The Hall–Kier alpha value is -3.55. The van der Waals surface area contributed by atoms with Gasteiger partial charge in [0.2, 0.25) is 0 Å². The molecule has 1 unspecified atom stereocenters. The number of urea groups is 1. The Kier molecular flexibility index (Phi) is 3.72. The van der Waals surface area contributed by atoms with Gasteiger partial charge in [-0.15, -0.1) is 0 Å². The van der Waals surface area contributed by atoms with Gasteiger partial charge in [-0.2, -0.15) is 5.10 Å². The predicted molar refractivity (Wildman–Crippen MR) is 92.0 cm³/mol. The van der Waals surface area contributed by atoms with Crippen LogP contribution in [0.5, 0.6) is 0 Å². The molecule has 26 heavy (non-hydrogen) atoms. The fourth-order valence-electron chi connectivity index (χ4n) is 2.90. The number of hydrogen-bond donors (Lipinski definition) is 1. The van der Waals surface area contributed by atoms with Gasteiger partial charge in [0.15, 0.2) is 5.54 Å². The molecule has 1 aromatic carbocycles. The molecule has 2 aromatic heterocycles. The maximum absolute atomic E-state index is 12.9. The van der Waals surface area contributed by atoms with Crippen LogP contribution in [0.15, 0.2) is 61.2 Å². The van der Waals surface area contributed by atoms with Crippen LogP contribution in [-0.2, 0) is 16.9 Å². The molecule has 0 saturated carbocycles. The first-order valence-corrected chi connectivity index (χ1v) is 8.08. The third-order valence-corrected chi connectivity index (χ3v) is 4.34. The summed E-state index contributed by atoms with van der Waals surface area (Å²) in [6.07, 6.45) is 6.28. The second-order valence-electron chi connectivity index (χ2n) is 6.12. The summed E-state index contributed by atoms with van der Waals surface area (Å²) in [4.78, 5) is 34.5. The average molecular weight is 348 g/mol. The third-order valence-electron chi connectivity index (χ3n) is 4.34. The third kappa shape index (κ3) is 2.61. The summed E-state index contributed by atoms with van der Waals surface area (Å²) in [7, 11) is 0. The number of imide groups is 1. The monoisotopic (exact) mass is 348 g/mol. The zero-order valence-electron chi connectivity index (χ0n) is 14.0. The Labute approximate surface area is 149 Å². The lowest BCUT2D eigenvalue weighted by Crippen LogP contribution is -2.41. The first-order valence-electron chi connectivity index (χ1n) is 8.08. The van der Waals surface area contributed by atoms with Crippen LogP contribution in [0, 0.1) is 0 Å². The van der Waals surface area contributed by atoms with Crippen molar-refractivity contribution in [3.8, 4) is 5.69 Å². The van der Waals surface area contributed by atoms with E-state index >= 15 is 0 Å². The molecule has 130 valence electrons. The molecule has 0 spiro atoms. The van der Waals surface area contributed by atoms with Gasteiger partial charge in [0.25, 0.3) is 5.91 Å². The van der Waals surface area contributed by atoms with E-state index in [9.17, 15) is 9.59 Å². The number of carbonyl (C=O) groups is 2. The van der Waals surface area contributed by atoms with Crippen molar-refractivity contribution in [2.75, 3.05) is 0 Å². The van der Waals surface area contributed by atoms with Gasteiger partial charge in [-0.3, -0.25) is 19.7 Å². The Morgan fingerprint density at radius 3 is 2.65 bits per heavy atom. The molecule has 1 saturated heterocycles. The molecule has 8 heteroatoms. The van der Waals surface area contributed by atoms with E-state index in [-0.39, 0.29) is 12.5 Å². The lowest BCUT2D eigenvalue weighted by atomic mass is 9.98. The zero-order valence-corrected chi connectivity index (χ0v) is 14.0. The van der Waals surface area contributed by atoms with Crippen LogP contribution < -0.4 is 5.32 Å². The highest BCUT2D eigenvalue weighted by molar-refractivity contribution is 6.06. The average Bonchev–Trinajstić information content (AvgIpc) is 3.23. The van der Waals surface area contributed by atoms with Crippen LogP contribution >= 0.6 is 0 Å². The summed E-state index contributed by atoms with van der Waals surface area (Å²) in [5.74, 6) is -0.378. The second kappa shape index (κ2) is 6.07. The zero-order chi connectivity index (χ0) is 18.1. The van der Waals surface area contributed by atoms with Crippen LogP contribution in [0.2, 0.25) is 0 Å². The number of hydrogen-bond acceptors (Lipinski definition) is 5. The maximum Gasteiger partial charge on any atom is 0.325 e. The fourth-order valence-corrected chi connectivity index (χ4v) is 2.90. The van der Waals surface area contributed by atoms with E-state index in [0.717, 1.165) is 10.6 Å². The Balaban J connectivity index is 1.57. The van der Waals surface area contributed by atoms with Gasteiger partial charge in [-0.1, -0.05) is 18.2 Å². The minimum atomic E-state index is -1.23. The van der Waals surface area contributed by atoms with Crippen LogP contribution in [0.4, 0.5) is 4.79 Å². The molecule has 0 radical (unpaired) electrons. The van der Waals surface area contributed by atoms with E-state index in [4.69, 9.17) is 0 Å². The van der Waals surface area contributed by atoms with Gasteiger partial charge in [0.1, 0.15) is 0 Å². The van der Waals surface area contributed by atoms with Crippen molar-refractivity contribution >= 4 is 11.9 Å². The van der Waals surface area contributed by atoms with Gasteiger partial charge in [0.05, 0.1) is 29.8 Å². The van der Waals surface area contributed by atoms with Gasteiger partial charge < -0.3 is 5.32 Å². The first kappa shape index (κ1) is 15.9. The standard InChI is InChI=1S/C18H16N6O2/c1-18(15-11-19-8-9-20-15)16(25)23(17(26)21-18)12-13-7-10-24(22-13)14-5-3-2-4-6-14/h2-11H,12H2,1H3,(H,21,26). The molecule has 8 nitrogen and oxygen atoms in total. The largest absolute Gasteiger partial charge is 0.325 e. The number of para-hydroxylation sites is 1. The highest BCUT2D eigenvalue weighted by atomic mass is 16.2. The van der Waals surface area contributed by atoms with Gasteiger partial charge >= 0.3 is 6.03 Å². The molecule has 1 atom stereocenters. The molecular weight excluding hydrogens is 332 g/mol. The van der Waals surface area contributed by atoms with Gasteiger partial charge in [0, 0.05) is 18.6 Å². The molecule has 1 aliphatic heterocycles. The molecular formula is C18H16N6O2. The number of nitrogens with zero attached hydrogens (tertiary/aromatic N) is 5. The molecule has 1 N–H and O–H groups in total. The number of benzene rings is 1. The highest BCUT2D eigenvalue weighted by Gasteiger charge is 2.50. The van der Waals surface area contributed by atoms with E-state index < -0.39 is 11.6 Å². The van der Waals surface area contributed by atoms with Crippen molar-refractivity contribution in [2.24, 2.45) is 0 Å². The molecule has 1 fully saturated rings. The smallest absolute Gasteiger partial charge is 0.318 e. The van der Waals surface area contributed by atoms with Crippen molar-refractivity contribution in [1.82, 2.24) is 30.0 Å². The van der Waals surface area contributed by atoms with Crippen LogP contribution in [0.1, 0.15) is 18.3 Å². The topological polar surface area (TPSA) is 93.0 Å². The summed E-state index contributed by atoms with van der Waals surface area (Å²) in [6, 6.07) is 10.9. The number of nitrogens with one attached hydrogen (secondary N) is 1. The summed E-state index contributed by atoms with van der Waals surface area (Å²) in [6.45, 7) is 1.71. The summed E-state index contributed by atoms with van der Waals surface area (Å²) in [5, 5.41) is 7.15. The number of rotatable bonds is 4. The second-order valence-corrected chi connectivity index (χ2v) is 6.12. The van der Waals surface area contributed by atoms with E-state index in [1.165, 1.54) is 18.6 Å². The molecule has 3 heterocycles. The number of amides is 3.